The van der Waals surface area contributed by atoms with E-state index in [1.54, 1.807) is 0 Å². The van der Waals surface area contributed by atoms with Crippen LogP contribution in [-0.2, 0) is 9.47 Å². The standard InChI is InChI=1S/C22H22F4N2O3/c23-16-7-14(8-17(24)11-16)20(15-9-18(25)12-19(26)10-15)30-6-5-28-3-1-22(2-4-28)13-27-21(29)31-22/h7-12,20H,1-6,13H2,(H,27,29). The summed E-state index contributed by atoms with van der Waals surface area (Å²) in [6, 6.07) is 5.79. The molecule has 0 saturated carbocycles. The van der Waals surface area contributed by atoms with Gasteiger partial charge in [-0.25, -0.2) is 22.4 Å². The zero-order valence-corrected chi connectivity index (χ0v) is 16.7. The smallest absolute Gasteiger partial charge is 0.407 e. The van der Waals surface area contributed by atoms with E-state index in [1.807, 2.05) is 0 Å². The van der Waals surface area contributed by atoms with E-state index in [-0.39, 0.29) is 17.7 Å². The zero-order chi connectivity index (χ0) is 22.0. The van der Waals surface area contributed by atoms with Gasteiger partial charge in [-0.1, -0.05) is 0 Å². The summed E-state index contributed by atoms with van der Waals surface area (Å²) in [5.74, 6) is -3.22. The molecule has 0 atom stereocenters. The number of likely N-dealkylation sites (tertiary alicyclic amines) is 1. The monoisotopic (exact) mass is 438 g/mol. The second kappa shape index (κ2) is 8.84. The van der Waals surface area contributed by atoms with Crippen LogP contribution in [0.2, 0.25) is 0 Å². The number of halogens is 4. The average Bonchev–Trinajstić information content (AvgIpc) is 3.05. The number of piperidine rings is 1. The summed E-state index contributed by atoms with van der Waals surface area (Å²) in [5, 5.41) is 2.68. The van der Waals surface area contributed by atoms with E-state index in [1.165, 1.54) is 0 Å². The first-order valence-electron chi connectivity index (χ1n) is 10.0. The Labute approximate surface area is 176 Å². The molecule has 9 heteroatoms. The molecule has 2 saturated heterocycles. The van der Waals surface area contributed by atoms with E-state index >= 15 is 0 Å². The highest BCUT2D eigenvalue weighted by Gasteiger charge is 2.42. The van der Waals surface area contributed by atoms with Crippen LogP contribution in [0.5, 0.6) is 0 Å². The molecule has 2 fully saturated rings. The molecule has 1 spiro atoms. The van der Waals surface area contributed by atoms with Gasteiger partial charge in [0.25, 0.3) is 0 Å². The number of carbonyl (C=O) groups is 1. The summed E-state index contributed by atoms with van der Waals surface area (Å²) < 4.78 is 66.3. The number of benzene rings is 2. The fourth-order valence-corrected chi connectivity index (χ4v) is 4.10. The minimum atomic E-state index is -1.04. The number of carbonyl (C=O) groups excluding carboxylic acids is 1. The summed E-state index contributed by atoms with van der Waals surface area (Å²) in [7, 11) is 0. The first kappa shape index (κ1) is 21.6. The summed E-state index contributed by atoms with van der Waals surface area (Å²) >= 11 is 0. The Hall–Kier alpha value is -2.65. The molecule has 31 heavy (non-hydrogen) atoms. The highest BCUT2D eigenvalue weighted by molar-refractivity contribution is 5.70. The minimum Gasteiger partial charge on any atom is -0.441 e. The maximum Gasteiger partial charge on any atom is 0.407 e. The molecule has 0 unspecified atom stereocenters. The fraction of sp³-hybridized carbons (Fsp3) is 0.409. The summed E-state index contributed by atoms with van der Waals surface area (Å²) in [6.45, 7) is 2.54. The van der Waals surface area contributed by atoms with Crippen molar-refractivity contribution in [1.82, 2.24) is 10.2 Å². The fourth-order valence-electron chi connectivity index (χ4n) is 4.10. The van der Waals surface area contributed by atoms with Gasteiger partial charge in [-0.15, -0.1) is 0 Å². The molecule has 0 bridgehead atoms. The molecule has 1 N–H and O–H groups in total. The molecule has 1 amide bonds. The molecule has 0 radical (unpaired) electrons. The van der Waals surface area contributed by atoms with Crippen LogP contribution in [0.15, 0.2) is 36.4 Å². The predicted molar refractivity (Wildman–Crippen MR) is 103 cm³/mol. The van der Waals surface area contributed by atoms with Crippen molar-refractivity contribution in [1.29, 1.82) is 0 Å². The molecule has 0 aromatic heterocycles. The topological polar surface area (TPSA) is 50.8 Å². The number of hydrogen-bond acceptors (Lipinski definition) is 4. The van der Waals surface area contributed by atoms with E-state index in [0.29, 0.717) is 39.0 Å². The van der Waals surface area contributed by atoms with Gasteiger partial charge in [-0.2, -0.15) is 0 Å². The van der Waals surface area contributed by atoms with Crippen LogP contribution in [0.1, 0.15) is 30.1 Å². The van der Waals surface area contributed by atoms with Gasteiger partial charge in [0, 0.05) is 44.6 Å². The molecule has 166 valence electrons. The van der Waals surface area contributed by atoms with Gasteiger partial charge in [-0.05, 0) is 35.4 Å². The highest BCUT2D eigenvalue weighted by Crippen LogP contribution is 2.31. The van der Waals surface area contributed by atoms with Gasteiger partial charge in [0.2, 0.25) is 0 Å². The number of amides is 1. The predicted octanol–water partition coefficient (Wildman–Crippen LogP) is 3.92. The van der Waals surface area contributed by atoms with Crippen molar-refractivity contribution in [2.24, 2.45) is 0 Å². The Morgan fingerprint density at radius 3 is 1.90 bits per heavy atom. The molecule has 2 aliphatic heterocycles. The Balaban J connectivity index is 1.43. The molecule has 2 aliphatic rings. The van der Waals surface area contributed by atoms with Crippen LogP contribution in [0.4, 0.5) is 22.4 Å². The van der Waals surface area contributed by atoms with Crippen LogP contribution in [-0.4, -0.2) is 49.4 Å². The van der Waals surface area contributed by atoms with Crippen LogP contribution >= 0.6 is 0 Å². The number of nitrogens with zero attached hydrogens (tertiary/aromatic N) is 1. The van der Waals surface area contributed by atoms with Crippen molar-refractivity contribution in [3.05, 3.63) is 70.8 Å². The number of alkyl carbamates (subject to hydrolysis) is 1. The quantitative estimate of drug-likeness (QED) is 0.695. The normalized spacial score (nSPS) is 18.4. The molecule has 5 nitrogen and oxygen atoms in total. The van der Waals surface area contributed by atoms with Crippen molar-refractivity contribution in [2.75, 3.05) is 32.8 Å². The van der Waals surface area contributed by atoms with Gasteiger partial charge in [0.15, 0.2) is 0 Å². The number of ether oxygens (including phenoxy) is 2. The lowest BCUT2D eigenvalue weighted by atomic mass is 9.92. The lowest BCUT2D eigenvalue weighted by Crippen LogP contribution is -2.47. The third-order valence-electron chi connectivity index (χ3n) is 5.70. The van der Waals surface area contributed by atoms with Crippen molar-refractivity contribution in [3.8, 4) is 0 Å². The second-order valence-corrected chi connectivity index (χ2v) is 7.92. The van der Waals surface area contributed by atoms with Gasteiger partial charge in [-0.3, -0.25) is 0 Å². The van der Waals surface area contributed by atoms with Crippen LogP contribution in [0, 0.1) is 23.3 Å². The summed E-state index contributed by atoms with van der Waals surface area (Å²) in [4.78, 5) is 13.5. The van der Waals surface area contributed by atoms with Gasteiger partial charge in [0.1, 0.15) is 35.0 Å². The molecule has 2 aromatic rings. The van der Waals surface area contributed by atoms with Crippen molar-refractivity contribution >= 4 is 6.09 Å². The maximum absolute atomic E-state index is 13.8. The number of nitrogens with one attached hydrogen (secondary N) is 1. The molecule has 4 rings (SSSR count). The molecular weight excluding hydrogens is 416 g/mol. The van der Waals surface area contributed by atoms with E-state index in [2.05, 4.69) is 10.2 Å². The first-order chi connectivity index (χ1) is 14.8. The summed E-state index contributed by atoms with van der Waals surface area (Å²) in [5.41, 5.74) is -0.206. The van der Waals surface area contributed by atoms with E-state index < -0.39 is 41.1 Å². The van der Waals surface area contributed by atoms with Crippen LogP contribution < -0.4 is 5.32 Å². The van der Waals surface area contributed by atoms with Crippen molar-refractivity contribution < 1.29 is 31.8 Å². The maximum atomic E-state index is 13.8. The Morgan fingerprint density at radius 2 is 1.45 bits per heavy atom. The van der Waals surface area contributed by atoms with Gasteiger partial charge in [0.05, 0.1) is 13.2 Å². The minimum absolute atomic E-state index is 0.129. The van der Waals surface area contributed by atoms with Crippen molar-refractivity contribution in [3.63, 3.8) is 0 Å². The number of hydrogen-bond donors (Lipinski definition) is 1. The Bertz CT molecular complexity index is 872. The van der Waals surface area contributed by atoms with E-state index in [9.17, 15) is 22.4 Å². The van der Waals surface area contributed by atoms with Crippen LogP contribution in [0.3, 0.4) is 0 Å². The average molecular weight is 438 g/mol. The Kier molecular flexibility index (Phi) is 6.15. The largest absolute Gasteiger partial charge is 0.441 e. The first-order valence-corrected chi connectivity index (χ1v) is 10.0. The number of rotatable bonds is 6. The van der Waals surface area contributed by atoms with Crippen LogP contribution in [0.25, 0.3) is 0 Å². The van der Waals surface area contributed by atoms with Gasteiger partial charge >= 0.3 is 6.09 Å². The molecular formula is C22H22F4N2O3. The SMILES string of the molecule is O=C1NCC2(CCN(CCOC(c3cc(F)cc(F)c3)c3cc(F)cc(F)c3)CC2)O1. The van der Waals surface area contributed by atoms with Crippen molar-refractivity contribution in [2.45, 2.75) is 24.5 Å². The molecule has 0 aliphatic carbocycles. The molecule has 2 aromatic carbocycles. The highest BCUT2D eigenvalue weighted by atomic mass is 19.1. The zero-order valence-electron chi connectivity index (χ0n) is 16.7. The third kappa shape index (κ3) is 5.16. The lowest BCUT2D eigenvalue weighted by Gasteiger charge is -2.37. The molecule has 2 heterocycles. The lowest BCUT2D eigenvalue weighted by molar-refractivity contribution is -0.0105. The third-order valence-corrected chi connectivity index (χ3v) is 5.70. The Morgan fingerprint density at radius 1 is 0.935 bits per heavy atom. The van der Waals surface area contributed by atoms with Gasteiger partial charge < -0.3 is 19.7 Å². The van der Waals surface area contributed by atoms with E-state index in [4.69, 9.17) is 9.47 Å². The summed E-state index contributed by atoms with van der Waals surface area (Å²) in [6.07, 6.45) is -0.0746. The van der Waals surface area contributed by atoms with E-state index in [0.717, 1.165) is 36.4 Å². The second-order valence-electron chi connectivity index (χ2n) is 7.92.